The molecule has 9 aromatic carbocycles. The average molecular weight is 797 g/mol. The second kappa shape index (κ2) is 13.3. The molecule has 0 saturated carbocycles. The lowest BCUT2D eigenvalue weighted by Crippen LogP contribution is -2.74. The van der Waals surface area contributed by atoms with Crippen molar-refractivity contribution in [1.82, 2.24) is 0 Å². The van der Waals surface area contributed by atoms with Crippen LogP contribution in [0.15, 0.2) is 211 Å². The summed E-state index contributed by atoms with van der Waals surface area (Å²) in [5.74, 6) is 4.96. The lowest BCUT2D eigenvalue weighted by molar-refractivity contribution is 0.456. The molecular weight excluding hydrogens is 762 g/mol. The van der Waals surface area contributed by atoms with Gasteiger partial charge >= 0.3 is 0 Å². The van der Waals surface area contributed by atoms with Gasteiger partial charge in [0.1, 0.15) is 45.7 Å². The van der Waals surface area contributed by atoms with Gasteiger partial charge in [-0.15, -0.1) is 0 Å². The highest BCUT2D eigenvalue weighted by Gasteiger charge is 2.44. The van der Waals surface area contributed by atoms with E-state index >= 15 is 0 Å². The van der Waals surface area contributed by atoms with Crippen molar-refractivity contribution in [1.29, 1.82) is 0 Å². The lowest BCUT2D eigenvalue weighted by atomic mass is 9.32. The van der Waals surface area contributed by atoms with Crippen molar-refractivity contribution in [2.45, 2.75) is 0 Å². The van der Waals surface area contributed by atoms with Crippen LogP contribution in [0.1, 0.15) is 0 Å². The first-order valence-electron chi connectivity index (χ1n) is 20.9. The first-order chi connectivity index (χ1) is 30.2. The van der Waals surface area contributed by atoms with Crippen molar-refractivity contribution in [3.8, 4) is 34.5 Å². The Morgan fingerprint density at radius 2 is 0.787 bits per heavy atom. The van der Waals surface area contributed by atoms with Gasteiger partial charge in [-0.2, -0.15) is 0 Å². The van der Waals surface area contributed by atoms with Crippen molar-refractivity contribution in [3.05, 3.63) is 206 Å². The third-order valence-corrected chi connectivity index (χ3v) is 17.9. The summed E-state index contributed by atoms with van der Waals surface area (Å²) in [6.45, 7) is -0.161. The summed E-state index contributed by atoms with van der Waals surface area (Å²) in [6, 6.07) is 74.1. The first-order valence-corrected chi connectivity index (χ1v) is 22.9. The van der Waals surface area contributed by atoms with Crippen LogP contribution in [0.2, 0.25) is 0 Å². The van der Waals surface area contributed by atoms with Gasteiger partial charge in [-0.25, -0.2) is 0 Å². The predicted octanol–water partition coefficient (Wildman–Crippen LogP) is 6.31. The summed E-state index contributed by atoms with van der Waals surface area (Å²) in [5, 5.41) is 7.52. The molecule has 4 nitrogen and oxygen atoms in total. The molecule has 0 amide bonds. The number of hydrogen-bond acceptors (Lipinski definition) is 4. The molecule has 3 aliphatic heterocycles. The van der Waals surface area contributed by atoms with E-state index in [-0.39, 0.29) is 13.4 Å². The van der Waals surface area contributed by atoms with Crippen molar-refractivity contribution < 1.29 is 18.6 Å². The molecule has 13 rings (SSSR count). The van der Waals surface area contributed by atoms with Gasteiger partial charge in [0.05, 0.1) is 0 Å². The topological polar surface area (TPSA) is 40.8 Å². The second-order valence-corrected chi connectivity index (χ2v) is 20.1. The molecule has 0 bridgehead atoms. The van der Waals surface area contributed by atoms with E-state index in [2.05, 4.69) is 176 Å². The van der Waals surface area contributed by atoms with Crippen LogP contribution in [0, 0.1) is 0 Å². The average Bonchev–Trinajstić information content (AvgIpc) is 3.69. The van der Waals surface area contributed by atoms with Crippen LogP contribution in [-0.2, 0) is 0 Å². The number of ether oxygens (including phenoxy) is 3. The molecule has 1 aromatic heterocycles. The predicted molar refractivity (Wildman–Crippen MR) is 253 cm³/mol. The minimum absolute atomic E-state index is 0.0509. The quantitative estimate of drug-likeness (QED) is 0.151. The lowest BCUT2D eigenvalue weighted by Gasteiger charge is -2.35. The van der Waals surface area contributed by atoms with Gasteiger partial charge in [0.25, 0.3) is 13.4 Å². The van der Waals surface area contributed by atoms with Gasteiger partial charge in [0.15, 0.2) is 8.07 Å². The number of furan rings is 1. The molecule has 3 aliphatic rings. The Bertz CT molecular complexity index is 3270. The van der Waals surface area contributed by atoms with Crippen molar-refractivity contribution in [2.24, 2.45) is 0 Å². The fourth-order valence-electron chi connectivity index (χ4n) is 10.5. The normalized spacial score (nSPS) is 13.2. The molecule has 0 spiro atoms. The minimum Gasteiger partial charge on any atom is -0.458 e. The van der Waals surface area contributed by atoms with Gasteiger partial charge in [-0.05, 0) is 79.0 Å². The van der Waals surface area contributed by atoms with Crippen LogP contribution < -0.4 is 67.7 Å². The van der Waals surface area contributed by atoms with Crippen LogP contribution in [0.25, 0.3) is 21.9 Å². The second-order valence-electron chi connectivity index (χ2n) is 16.3. The highest BCUT2D eigenvalue weighted by Crippen LogP contribution is 2.37. The highest BCUT2D eigenvalue weighted by atomic mass is 28.3. The van der Waals surface area contributed by atoms with E-state index in [1.807, 2.05) is 30.3 Å². The number of benzene rings is 9. The Morgan fingerprint density at radius 1 is 0.311 bits per heavy atom. The molecule has 0 saturated heterocycles. The molecule has 0 N–H and O–H groups in total. The van der Waals surface area contributed by atoms with Gasteiger partial charge in [-0.3, -0.25) is 0 Å². The number of hydrogen-bond donors (Lipinski definition) is 0. The molecule has 0 unspecified atom stereocenters. The van der Waals surface area contributed by atoms with E-state index in [0.717, 1.165) is 83.7 Å². The van der Waals surface area contributed by atoms with Crippen molar-refractivity contribution in [3.63, 3.8) is 0 Å². The fraction of sp³-hybridized carbons (Fsp3) is 0. The fourth-order valence-corrected chi connectivity index (χ4v) is 15.2. The molecule has 4 heterocycles. The van der Waals surface area contributed by atoms with Gasteiger partial charge in [0, 0.05) is 22.3 Å². The van der Waals surface area contributed by atoms with E-state index in [0.29, 0.717) is 0 Å². The summed E-state index contributed by atoms with van der Waals surface area (Å²) in [6.07, 6.45) is 0. The summed E-state index contributed by atoms with van der Waals surface area (Å²) in [5.41, 5.74) is 8.42. The largest absolute Gasteiger partial charge is 0.458 e. The summed E-state index contributed by atoms with van der Waals surface area (Å²) < 4.78 is 26.6. The third kappa shape index (κ3) is 5.08. The molecule has 7 heteroatoms. The van der Waals surface area contributed by atoms with Crippen molar-refractivity contribution in [2.75, 3.05) is 0 Å². The molecule has 0 radical (unpaired) electrons. The first kappa shape index (κ1) is 34.4. The van der Waals surface area contributed by atoms with E-state index in [1.54, 1.807) is 0 Å². The Morgan fingerprint density at radius 3 is 1.41 bits per heavy atom. The molecule has 10 aromatic rings. The van der Waals surface area contributed by atoms with Gasteiger partial charge < -0.3 is 18.6 Å². The maximum absolute atomic E-state index is 6.76. The van der Waals surface area contributed by atoms with Gasteiger partial charge in [0.2, 0.25) is 0 Å². The third-order valence-electron chi connectivity index (χ3n) is 13.1. The summed E-state index contributed by atoms with van der Waals surface area (Å²) in [7, 11) is -2.77. The molecular formula is C54H34B2O4Si. The van der Waals surface area contributed by atoms with E-state index in [4.69, 9.17) is 18.6 Å². The van der Waals surface area contributed by atoms with Crippen LogP contribution in [0.5, 0.6) is 34.5 Å². The molecule has 284 valence electrons. The molecule has 0 aliphatic carbocycles. The Hall–Kier alpha value is -7.47. The maximum Gasteiger partial charge on any atom is 0.260 e. The zero-order valence-electron chi connectivity index (χ0n) is 32.9. The van der Waals surface area contributed by atoms with Crippen molar-refractivity contribution >= 4 is 97.0 Å². The Kier molecular flexibility index (Phi) is 7.48. The number of fused-ring (bicyclic) bond motifs is 9. The maximum atomic E-state index is 6.76. The SMILES string of the molecule is c1ccc([Si](c2ccccc2)(c2ccccc2)c2ccc3oc4ccc(B5c6ccccc6Oc6cc7c(cc65)B5c6ccccc6Oc6cccc(c65)O7)cc4c3c2)cc1. The minimum atomic E-state index is -2.77. The summed E-state index contributed by atoms with van der Waals surface area (Å²) >= 11 is 0. The molecule has 0 atom stereocenters. The zero-order valence-corrected chi connectivity index (χ0v) is 33.9. The Labute approximate surface area is 354 Å². The molecule has 61 heavy (non-hydrogen) atoms. The standard InChI is InChI=1S/C54H34B2O4Si/c1-4-15-36(16-5-1)61(37-17-6-2-7-18-37,38-19-8-3-9-20-38)39-28-30-47-41(32-39)40-31-35(27-29-46(40)57-47)55-42-21-10-12-23-48(42)59-52-34-53-45(33-44(52)55)56-43-22-11-13-24-49(43)58-50-25-14-26-51(60-53)54(50)56/h1-34H. The van der Waals surface area contributed by atoms with Gasteiger partial charge in [-0.1, -0.05) is 169 Å². The van der Waals surface area contributed by atoms with Crippen LogP contribution in [-0.4, -0.2) is 21.5 Å². The highest BCUT2D eigenvalue weighted by molar-refractivity contribution is 7.20. The monoisotopic (exact) mass is 796 g/mol. The Balaban J connectivity index is 1.02. The van der Waals surface area contributed by atoms with Crippen LogP contribution in [0.4, 0.5) is 0 Å². The van der Waals surface area contributed by atoms with E-state index < -0.39 is 8.07 Å². The molecule has 0 fully saturated rings. The number of para-hydroxylation sites is 2. The van der Waals surface area contributed by atoms with Crippen LogP contribution >= 0.6 is 0 Å². The zero-order chi connectivity index (χ0) is 40.1. The van der Waals surface area contributed by atoms with E-state index in [9.17, 15) is 0 Å². The van der Waals surface area contributed by atoms with E-state index in [1.165, 1.54) is 26.2 Å². The smallest absolute Gasteiger partial charge is 0.260 e. The summed E-state index contributed by atoms with van der Waals surface area (Å²) in [4.78, 5) is 0. The van der Waals surface area contributed by atoms with Crippen LogP contribution in [0.3, 0.4) is 0 Å². The number of rotatable bonds is 5.